The molecule has 0 saturated carbocycles. The van der Waals surface area contributed by atoms with E-state index in [1.807, 2.05) is 0 Å². The van der Waals surface area contributed by atoms with Gasteiger partial charge in [0.2, 0.25) is 0 Å². The maximum absolute atomic E-state index is 3.52. The lowest BCUT2D eigenvalue weighted by atomic mass is 9.99. The van der Waals surface area contributed by atoms with Gasteiger partial charge < -0.3 is 10.2 Å². The first kappa shape index (κ1) is 19.0. The predicted molar refractivity (Wildman–Crippen MR) is 94.9 cm³/mol. The monoisotopic (exact) mass is 296 g/mol. The third-order valence-electron chi connectivity index (χ3n) is 4.86. The fourth-order valence-corrected chi connectivity index (χ4v) is 3.48. The topological polar surface area (TPSA) is 15.3 Å². The SMILES string of the molecule is CCCCCCCCCCCCN(C)CC1CCCNC1. The number of hydrogen-bond acceptors (Lipinski definition) is 2. The number of hydrogen-bond donors (Lipinski definition) is 1. The van der Waals surface area contributed by atoms with Gasteiger partial charge >= 0.3 is 0 Å². The summed E-state index contributed by atoms with van der Waals surface area (Å²) >= 11 is 0. The van der Waals surface area contributed by atoms with Crippen molar-refractivity contribution in [3.63, 3.8) is 0 Å². The van der Waals surface area contributed by atoms with Crippen molar-refractivity contribution in [1.82, 2.24) is 10.2 Å². The summed E-state index contributed by atoms with van der Waals surface area (Å²) in [7, 11) is 2.31. The van der Waals surface area contributed by atoms with Crippen molar-refractivity contribution < 1.29 is 0 Å². The van der Waals surface area contributed by atoms with Gasteiger partial charge in [-0.3, -0.25) is 0 Å². The smallest absolute Gasteiger partial charge is 0.00187 e. The minimum Gasteiger partial charge on any atom is -0.316 e. The van der Waals surface area contributed by atoms with E-state index >= 15 is 0 Å². The Morgan fingerprint density at radius 2 is 1.52 bits per heavy atom. The Morgan fingerprint density at radius 1 is 0.905 bits per heavy atom. The Labute approximate surface area is 134 Å². The van der Waals surface area contributed by atoms with Gasteiger partial charge in [-0.05, 0) is 51.9 Å². The zero-order chi connectivity index (χ0) is 15.2. The van der Waals surface area contributed by atoms with E-state index in [9.17, 15) is 0 Å². The van der Waals surface area contributed by atoms with E-state index in [1.165, 1.54) is 103 Å². The van der Waals surface area contributed by atoms with Crippen LogP contribution in [0.2, 0.25) is 0 Å². The molecule has 1 atom stereocenters. The van der Waals surface area contributed by atoms with E-state index in [-0.39, 0.29) is 0 Å². The van der Waals surface area contributed by atoms with E-state index in [1.54, 1.807) is 0 Å². The molecule has 0 radical (unpaired) electrons. The fourth-order valence-electron chi connectivity index (χ4n) is 3.48. The molecule has 0 aromatic heterocycles. The van der Waals surface area contributed by atoms with Gasteiger partial charge in [0, 0.05) is 6.54 Å². The summed E-state index contributed by atoms with van der Waals surface area (Å²) < 4.78 is 0. The standard InChI is InChI=1S/C19H40N2/c1-3-4-5-6-7-8-9-10-11-12-16-21(2)18-19-14-13-15-20-17-19/h19-20H,3-18H2,1-2H3. The molecule has 1 aliphatic rings. The second kappa shape index (κ2) is 13.6. The maximum atomic E-state index is 3.52. The van der Waals surface area contributed by atoms with Crippen molar-refractivity contribution in [3.05, 3.63) is 0 Å². The molecular formula is C19H40N2. The Balaban J connectivity index is 1.80. The lowest BCUT2D eigenvalue weighted by Crippen LogP contribution is -2.37. The van der Waals surface area contributed by atoms with Gasteiger partial charge in [0.25, 0.3) is 0 Å². The van der Waals surface area contributed by atoms with Gasteiger partial charge in [0.15, 0.2) is 0 Å². The highest BCUT2D eigenvalue weighted by Gasteiger charge is 2.14. The molecule has 1 fully saturated rings. The van der Waals surface area contributed by atoms with E-state index in [0.29, 0.717) is 0 Å². The molecule has 1 unspecified atom stereocenters. The molecule has 1 N–H and O–H groups in total. The zero-order valence-corrected chi connectivity index (χ0v) is 14.8. The van der Waals surface area contributed by atoms with Crippen LogP contribution in [0.15, 0.2) is 0 Å². The van der Waals surface area contributed by atoms with Crippen LogP contribution in [-0.4, -0.2) is 38.1 Å². The molecule has 126 valence electrons. The Kier molecular flexibility index (Phi) is 12.3. The van der Waals surface area contributed by atoms with Crippen LogP contribution in [0.1, 0.15) is 84.0 Å². The summed E-state index contributed by atoms with van der Waals surface area (Å²) in [5.74, 6) is 0.895. The average molecular weight is 297 g/mol. The Hall–Kier alpha value is -0.0800. The third kappa shape index (κ3) is 11.2. The molecule has 2 heteroatoms. The molecular weight excluding hydrogens is 256 g/mol. The number of piperidine rings is 1. The normalized spacial score (nSPS) is 19.3. The van der Waals surface area contributed by atoms with Crippen LogP contribution in [0.4, 0.5) is 0 Å². The van der Waals surface area contributed by atoms with Gasteiger partial charge in [-0.15, -0.1) is 0 Å². The molecule has 0 aliphatic carbocycles. The van der Waals surface area contributed by atoms with E-state index < -0.39 is 0 Å². The highest BCUT2D eigenvalue weighted by Crippen LogP contribution is 2.13. The van der Waals surface area contributed by atoms with Crippen LogP contribution >= 0.6 is 0 Å². The highest BCUT2D eigenvalue weighted by molar-refractivity contribution is 4.71. The van der Waals surface area contributed by atoms with Crippen molar-refractivity contribution in [3.8, 4) is 0 Å². The molecule has 1 heterocycles. The second-order valence-electron chi connectivity index (χ2n) is 7.16. The number of rotatable bonds is 13. The zero-order valence-electron chi connectivity index (χ0n) is 14.8. The van der Waals surface area contributed by atoms with Gasteiger partial charge in [0.05, 0.1) is 0 Å². The van der Waals surface area contributed by atoms with Gasteiger partial charge in [-0.2, -0.15) is 0 Å². The van der Waals surface area contributed by atoms with Crippen molar-refractivity contribution >= 4 is 0 Å². The summed E-state index contributed by atoms with van der Waals surface area (Å²) in [5.41, 5.74) is 0. The molecule has 21 heavy (non-hydrogen) atoms. The molecule has 2 nitrogen and oxygen atoms in total. The Bertz CT molecular complexity index is 212. The van der Waals surface area contributed by atoms with Crippen LogP contribution < -0.4 is 5.32 Å². The van der Waals surface area contributed by atoms with Crippen molar-refractivity contribution in [2.75, 3.05) is 33.2 Å². The van der Waals surface area contributed by atoms with Crippen LogP contribution in [0.3, 0.4) is 0 Å². The first-order valence-corrected chi connectivity index (χ1v) is 9.72. The molecule has 1 rings (SSSR count). The van der Waals surface area contributed by atoms with E-state index in [4.69, 9.17) is 0 Å². The summed E-state index contributed by atoms with van der Waals surface area (Å²) in [4.78, 5) is 2.56. The summed E-state index contributed by atoms with van der Waals surface area (Å²) in [6.45, 7) is 7.36. The number of nitrogens with zero attached hydrogens (tertiary/aromatic N) is 1. The summed E-state index contributed by atoms with van der Waals surface area (Å²) in [6.07, 6.45) is 17.2. The van der Waals surface area contributed by atoms with Crippen LogP contribution in [0, 0.1) is 5.92 Å². The van der Waals surface area contributed by atoms with Crippen molar-refractivity contribution in [2.24, 2.45) is 5.92 Å². The quantitative estimate of drug-likeness (QED) is 0.489. The molecule has 1 aliphatic heterocycles. The van der Waals surface area contributed by atoms with Crippen LogP contribution in [-0.2, 0) is 0 Å². The van der Waals surface area contributed by atoms with Crippen molar-refractivity contribution in [2.45, 2.75) is 84.0 Å². The van der Waals surface area contributed by atoms with Crippen molar-refractivity contribution in [1.29, 1.82) is 0 Å². The van der Waals surface area contributed by atoms with Gasteiger partial charge in [-0.1, -0.05) is 64.7 Å². The Morgan fingerprint density at radius 3 is 2.10 bits per heavy atom. The van der Waals surface area contributed by atoms with Gasteiger partial charge in [0.1, 0.15) is 0 Å². The largest absolute Gasteiger partial charge is 0.316 e. The molecule has 0 spiro atoms. The van der Waals surface area contributed by atoms with Gasteiger partial charge in [-0.25, -0.2) is 0 Å². The number of unbranched alkanes of at least 4 members (excludes halogenated alkanes) is 9. The third-order valence-corrected chi connectivity index (χ3v) is 4.86. The molecule has 0 bridgehead atoms. The molecule has 0 amide bonds. The summed E-state index contributed by atoms with van der Waals surface area (Å²) in [5, 5.41) is 3.52. The van der Waals surface area contributed by atoms with Crippen LogP contribution in [0.5, 0.6) is 0 Å². The molecule has 0 aromatic carbocycles. The lowest BCUT2D eigenvalue weighted by molar-refractivity contribution is 0.239. The first-order chi connectivity index (χ1) is 10.3. The second-order valence-corrected chi connectivity index (χ2v) is 7.16. The minimum absolute atomic E-state index is 0.895. The average Bonchev–Trinajstić information content (AvgIpc) is 2.50. The molecule has 0 aromatic rings. The lowest BCUT2D eigenvalue weighted by Gasteiger charge is -2.27. The minimum atomic E-state index is 0.895. The summed E-state index contributed by atoms with van der Waals surface area (Å²) in [6, 6.07) is 0. The van der Waals surface area contributed by atoms with E-state index in [2.05, 4.69) is 24.2 Å². The van der Waals surface area contributed by atoms with Crippen LogP contribution in [0.25, 0.3) is 0 Å². The number of nitrogens with one attached hydrogen (secondary N) is 1. The molecule has 1 saturated heterocycles. The fraction of sp³-hybridized carbons (Fsp3) is 1.00. The highest BCUT2D eigenvalue weighted by atomic mass is 15.1. The first-order valence-electron chi connectivity index (χ1n) is 9.72. The maximum Gasteiger partial charge on any atom is 0.00187 e. The predicted octanol–water partition coefficient (Wildman–Crippen LogP) is 4.84. The van der Waals surface area contributed by atoms with E-state index in [0.717, 1.165) is 5.92 Å².